The van der Waals surface area contributed by atoms with Gasteiger partial charge in [0, 0.05) is 25.6 Å². The van der Waals surface area contributed by atoms with Crippen molar-refractivity contribution in [3.63, 3.8) is 0 Å². The fraction of sp³-hybridized carbons (Fsp3) is 0.375. The molecule has 2 aromatic carbocycles. The van der Waals surface area contributed by atoms with Gasteiger partial charge in [-0.2, -0.15) is 0 Å². The quantitative estimate of drug-likeness (QED) is 0.923. The molecular weight excluding hydrogens is 258 g/mol. The molecule has 1 aliphatic heterocycles. The number of ether oxygens (including phenoxy) is 1. The Kier molecular flexibility index (Phi) is 4.81. The van der Waals surface area contributed by atoms with Crippen molar-refractivity contribution in [3.05, 3.63) is 48.0 Å². The highest BCUT2D eigenvalue weighted by atomic mass is 35.5. The van der Waals surface area contributed by atoms with E-state index in [9.17, 15) is 0 Å². The summed E-state index contributed by atoms with van der Waals surface area (Å²) in [5, 5.41) is 5.92. The van der Waals surface area contributed by atoms with Crippen LogP contribution in [0, 0.1) is 5.92 Å². The third-order valence-electron chi connectivity index (χ3n) is 3.69. The number of hydrogen-bond acceptors (Lipinski definition) is 2. The highest BCUT2D eigenvalue weighted by Gasteiger charge is 2.28. The van der Waals surface area contributed by atoms with Crippen molar-refractivity contribution in [2.45, 2.75) is 13.0 Å². The molecule has 3 rings (SSSR count). The number of nitrogens with one attached hydrogen (secondary N) is 1. The van der Waals surface area contributed by atoms with Crippen molar-refractivity contribution in [2.24, 2.45) is 5.92 Å². The molecule has 0 aliphatic carbocycles. The average Bonchev–Trinajstić information content (AvgIpc) is 2.35. The van der Waals surface area contributed by atoms with Gasteiger partial charge in [0.05, 0.1) is 6.10 Å². The van der Waals surface area contributed by atoms with Crippen LogP contribution >= 0.6 is 12.4 Å². The standard InChI is InChI=1S/C16H19NO.ClH/c1-2-18-16(15-10-17-11-15)14-8-7-12-5-3-4-6-13(12)9-14;/h3-9,15-17H,2,10-11H2,1H3;1H. The summed E-state index contributed by atoms with van der Waals surface area (Å²) in [5.74, 6) is 0.617. The van der Waals surface area contributed by atoms with Crippen LogP contribution < -0.4 is 5.32 Å². The van der Waals surface area contributed by atoms with E-state index in [2.05, 4.69) is 54.7 Å². The molecular formula is C16H20ClNO. The van der Waals surface area contributed by atoms with Gasteiger partial charge in [0.25, 0.3) is 0 Å². The van der Waals surface area contributed by atoms with E-state index in [4.69, 9.17) is 4.74 Å². The van der Waals surface area contributed by atoms with Gasteiger partial charge in [-0.3, -0.25) is 0 Å². The van der Waals surface area contributed by atoms with Crippen LogP contribution in [0.3, 0.4) is 0 Å². The van der Waals surface area contributed by atoms with E-state index < -0.39 is 0 Å². The lowest BCUT2D eigenvalue weighted by molar-refractivity contribution is 0.000515. The molecule has 102 valence electrons. The molecule has 0 aromatic heterocycles. The van der Waals surface area contributed by atoms with Gasteiger partial charge in [-0.1, -0.05) is 36.4 Å². The Morgan fingerprint density at radius 3 is 2.53 bits per heavy atom. The molecule has 0 amide bonds. The second-order valence-corrected chi connectivity index (χ2v) is 4.90. The van der Waals surface area contributed by atoms with Crippen LogP contribution in [0.5, 0.6) is 0 Å². The lowest BCUT2D eigenvalue weighted by Gasteiger charge is -2.34. The Balaban J connectivity index is 0.00000133. The smallest absolute Gasteiger partial charge is 0.0877 e. The minimum atomic E-state index is 0. The number of benzene rings is 2. The molecule has 0 saturated carbocycles. The van der Waals surface area contributed by atoms with E-state index in [-0.39, 0.29) is 18.5 Å². The molecule has 0 radical (unpaired) electrons. The molecule has 0 bridgehead atoms. The topological polar surface area (TPSA) is 21.3 Å². The van der Waals surface area contributed by atoms with Gasteiger partial charge >= 0.3 is 0 Å². The van der Waals surface area contributed by atoms with Gasteiger partial charge in [0.15, 0.2) is 0 Å². The van der Waals surface area contributed by atoms with Gasteiger partial charge in [0.1, 0.15) is 0 Å². The maximum absolute atomic E-state index is 5.94. The molecule has 19 heavy (non-hydrogen) atoms. The third-order valence-corrected chi connectivity index (χ3v) is 3.69. The zero-order valence-electron chi connectivity index (χ0n) is 11.1. The highest BCUT2D eigenvalue weighted by Crippen LogP contribution is 2.30. The van der Waals surface area contributed by atoms with Gasteiger partial charge in [-0.05, 0) is 29.3 Å². The Hall–Kier alpha value is -1.09. The summed E-state index contributed by atoms with van der Waals surface area (Å²) in [6, 6.07) is 15.2. The fourth-order valence-corrected chi connectivity index (χ4v) is 2.59. The van der Waals surface area contributed by atoms with Crippen molar-refractivity contribution in [1.29, 1.82) is 0 Å². The molecule has 1 N–H and O–H groups in total. The van der Waals surface area contributed by atoms with Gasteiger partial charge < -0.3 is 10.1 Å². The second kappa shape index (κ2) is 6.38. The van der Waals surface area contributed by atoms with E-state index in [0.717, 1.165) is 19.7 Å². The SMILES string of the molecule is CCOC(c1ccc2ccccc2c1)C1CNC1.Cl. The molecule has 1 unspecified atom stereocenters. The van der Waals surface area contributed by atoms with Crippen LogP contribution in [-0.4, -0.2) is 19.7 Å². The van der Waals surface area contributed by atoms with E-state index in [1.54, 1.807) is 0 Å². The predicted molar refractivity (Wildman–Crippen MR) is 81.9 cm³/mol. The Labute approximate surface area is 120 Å². The Bertz CT molecular complexity index is 539. The summed E-state index contributed by atoms with van der Waals surface area (Å²) in [7, 11) is 0. The molecule has 3 heteroatoms. The lowest BCUT2D eigenvalue weighted by atomic mass is 9.90. The zero-order valence-corrected chi connectivity index (χ0v) is 12.0. The number of hydrogen-bond donors (Lipinski definition) is 1. The normalized spacial score (nSPS) is 16.7. The number of fused-ring (bicyclic) bond motifs is 1. The third kappa shape index (κ3) is 2.92. The zero-order chi connectivity index (χ0) is 12.4. The summed E-state index contributed by atoms with van der Waals surface area (Å²) in [6.07, 6.45) is 0.237. The van der Waals surface area contributed by atoms with Crippen LogP contribution in [0.1, 0.15) is 18.6 Å². The van der Waals surface area contributed by atoms with Crippen LogP contribution in [0.15, 0.2) is 42.5 Å². The van der Waals surface area contributed by atoms with E-state index >= 15 is 0 Å². The maximum atomic E-state index is 5.94. The summed E-state index contributed by atoms with van der Waals surface area (Å²) in [5.41, 5.74) is 1.31. The van der Waals surface area contributed by atoms with Crippen molar-refractivity contribution in [2.75, 3.05) is 19.7 Å². The van der Waals surface area contributed by atoms with Crippen molar-refractivity contribution >= 4 is 23.2 Å². The van der Waals surface area contributed by atoms with Gasteiger partial charge in [-0.25, -0.2) is 0 Å². The van der Waals surface area contributed by atoms with Crippen molar-refractivity contribution in [3.8, 4) is 0 Å². The lowest BCUT2D eigenvalue weighted by Crippen LogP contribution is -2.45. The van der Waals surface area contributed by atoms with Gasteiger partial charge in [0.2, 0.25) is 0 Å². The minimum Gasteiger partial charge on any atom is -0.373 e. The monoisotopic (exact) mass is 277 g/mol. The first kappa shape index (κ1) is 14.3. The first-order valence-electron chi connectivity index (χ1n) is 6.69. The largest absolute Gasteiger partial charge is 0.373 e. The second-order valence-electron chi connectivity index (χ2n) is 4.90. The van der Waals surface area contributed by atoms with E-state index in [1.807, 2.05) is 0 Å². The predicted octanol–water partition coefficient (Wildman–Crippen LogP) is 3.56. The Morgan fingerprint density at radius 1 is 1.16 bits per heavy atom. The van der Waals surface area contributed by atoms with Crippen LogP contribution in [0.25, 0.3) is 10.8 Å². The van der Waals surface area contributed by atoms with Crippen LogP contribution in [0.2, 0.25) is 0 Å². The van der Waals surface area contributed by atoms with Crippen molar-refractivity contribution in [1.82, 2.24) is 5.32 Å². The summed E-state index contributed by atoms with van der Waals surface area (Å²) < 4.78 is 5.94. The first-order valence-corrected chi connectivity index (χ1v) is 6.69. The number of rotatable bonds is 4. The summed E-state index contributed by atoms with van der Waals surface area (Å²) >= 11 is 0. The molecule has 1 aliphatic rings. The Morgan fingerprint density at radius 2 is 1.89 bits per heavy atom. The first-order chi connectivity index (χ1) is 8.88. The molecule has 1 atom stereocenters. The van der Waals surface area contributed by atoms with Gasteiger partial charge in [-0.15, -0.1) is 12.4 Å². The summed E-state index contributed by atoms with van der Waals surface area (Å²) in [6.45, 7) is 4.98. The van der Waals surface area contributed by atoms with Crippen molar-refractivity contribution < 1.29 is 4.74 Å². The maximum Gasteiger partial charge on any atom is 0.0877 e. The van der Waals surface area contributed by atoms with Crippen LogP contribution in [0.4, 0.5) is 0 Å². The molecule has 2 nitrogen and oxygen atoms in total. The van der Waals surface area contributed by atoms with E-state index in [0.29, 0.717) is 5.92 Å². The molecule has 1 heterocycles. The van der Waals surface area contributed by atoms with Crippen LogP contribution in [-0.2, 0) is 4.74 Å². The molecule has 0 spiro atoms. The number of halogens is 1. The average molecular weight is 278 g/mol. The summed E-state index contributed by atoms with van der Waals surface area (Å²) in [4.78, 5) is 0. The van der Waals surface area contributed by atoms with E-state index in [1.165, 1.54) is 16.3 Å². The minimum absolute atomic E-state index is 0. The molecule has 1 saturated heterocycles. The fourth-order valence-electron chi connectivity index (χ4n) is 2.59. The molecule has 2 aromatic rings. The molecule has 1 fully saturated rings. The highest BCUT2D eigenvalue weighted by molar-refractivity contribution is 5.85.